The number of halogens is 2. The van der Waals surface area contributed by atoms with Crippen molar-refractivity contribution in [2.45, 2.75) is 26.7 Å². The third-order valence-corrected chi connectivity index (χ3v) is 4.24. The molecule has 1 atom stereocenters. The van der Waals surface area contributed by atoms with Gasteiger partial charge in [-0.2, -0.15) is 0 Å². The molecule has 24 heavy (non-hydrogen) atoms. The van der Waals surface area contributed by atoms with Gasteiger partial charge in [0.1, 0.15) is 17.1 Å². The van der Waals surface area contributed by atoms with Crippen molar-refractivity contribution in [1.82, 2.24) is 0 Å². The van der Waals surface area contributed by atoms with Crippen LogP contribution in [0.3, 0.4) is 0 Å². The van der Waals surface area contributed by atoms with E-state index in [4.69, 9.17) is 15.2 Å². The lowest BCUT2D eigenvalue weighted by Crippen LogP contribution is -2.28. The first-order chi connectivity index (χ1) is 11.3. The van der Waals surface area contributed by atoms with Crippen molar-refractivity contribution in [2.24, 2.45) is 5.73 Å². The second-order valence-corrected chi connectivity index (χ2v) is 6.09. The van der Waals surface area contributed by atoms with Crippen LogP contribution in [0.2, 0.25) is 0 Å². The van der Waals surface area contributed by atoms with Crippen molar-refractivity contribution in [3.05, 3.63) is 56.8 Å². The summed E-state index contributed by atoms with van der Waals surface area (Å²) in [5, 5.41) is 0. The van der Waals surface area contributed by atoms with E-state index in [9.17, 15) is 14.0 Å². The van der Waals surface area contributed by atoms with Gasteiger partial charge in [-0.3, -0.25) is 4.79 Å². The Morgan fingerprint density at radius 1 is 1.38 bits per heavy atom. The molecule has 1 aromatic carbocycles. The number of ether oxygens (including phenoxy) is 2. The highest BCUT2D eigenvalue weighted by atomic mass is 79.9. The van der Waals surface area contributed by atoms with Crippen LogP contribution in [0.15, 0.2) is 45.5 Å². The summed E-state index contributed by atoms with van der Waals surface area (Å²) in [6.07, 6.45) is 0. The molecule has 0 amide bonds. The number of carbonyl (C=O) groups excluding carboxylic acids is 2. The van der Waals surface area contributed by atoms with E-state index < -0.39 is 17.7 Å². The van der Waals surface area contributed by atoms with E-state index in [2.05, 4.69) is 15.9 Å². The molecule has 1 heterocycles. The monoisotopic (exact) mass is 397 g/mol. The summed E-state index contributed by atoms with van der Waals surface area (Å²) < 4.78 is 24.2. The Hall–Kier alpha value is -2.15. The maximum atomic E-state index is 13.6. The van der Waals surface area contributed by atoms with Crippen LogP contribution >= 0.6 is 15.9 Å². The van der Waals surface area contributed by atoms with Crippen LogP contribution in [0.5, 0.6) is 0 Å². The van der Waals surface area contributed by atoms with E-state index in [0.717, 1.165) is 0 Å². The van der Waals surface area contributed by atoms with Gasteiger partial charge < -0.3 is 15.2 Å². The Balaban J connectivity index is 2.68. The number of hydrogen-bond acceptors (Lipinski definition) is 5. The number of esters is 1. The molecular weight excluding hydrogens is 381 g/mol. The van der Waals surface area contributed by atoms with E-state index in [0.29, 0.717) is 11.3 Å². The molecule has 128 valence electrons. The Morgan fingerprint density at radius 3 is 2.58 bits per heavy atom. The first kappa shape index (κ1) is 18.2. The molecule has 0 fully saturated rings. The van der Waals surface area contributed by atoms with E-state index in [-0.39, 0.29) is 33.9 Å². The van der Waals surface area contributed by atoms with Gasteiger partial charge in [0.2, 0.25) is 5.88 Å². The van der Waals surface area contributed by atoms with E-state index in [1.165, 1.54) is 25.1 Å². The first-order valence-corrected chi connectivity index (χ1v) is 8.08. The summed E-state index contributed by atoms with van der Waals surface area (Å²) in [4.78, 5) is 24.5. The maximum Gasteiger partial charge on any atom is 0.340 e. The molecule has 1 aromatic rings. The Morgan fingerprint density at radius 2 is 2.04 bits per heavy atom. The van der Waals surface area contributed by atoms with Crippen molar-refractivity contribution in [2.75, 3.05) is 6.61 Å². The molecule has 0 spiro atoms. The van der Waals surface area contributed by atoms with Crippen LogP contribution in [0.4, 0.5) is 4.39 Å². The average Bonchev–Trinajstić information content (AvgIpc) is 2.48. The Kier molecular flexibility index (Phi) is 5.43. The molecule has 0 radical (unpaired) electrons. The Labute approximate surface area is 147 Å². The molecule has 1 aliphatic rings. The number of benzene rings is 1. The van der Waals surface area contributed by atoms with Crippen LogP contribution in [0.1, 0.15) is 32.3 Å². The molecule has 5 nitrogen and oxygen atoms in total. The minimum atomic E-state index is -0.785. The molecule has 2 rings (SSSR count). The molecule has 1 aliphatic heterocycles. The minimum Gasteiger partial charge on any atom is -0.462 e. The maximum absolute atomic E-state index is 13.6. The Bertz CT molecular complexity index is 770. The largest absolute Gasteiger partial charge is 0.462 e. The molecule has 0 saturated heterocycles. The fourth-order valence-electron chi connectivity index (χ4n) is 2.67. The van der Waals surface area contributed by atoms with Gasteiger partial charge in [-0.15, -0.1) is 0 Å². The fraction of sp³-hybridized carbons (Fsp3) is 0.294. The highest BCUT2D eigenvalue weighted by Crippen LogP contribution is 2.41. The zero-order chi connectivity index (χ0) is 18.0. The smallest absolute Gasteiger partial charge is 0.340 e. The van der Waals surface area contributed by atoms with Gasteiger partial charge in [-0.1, -0.05) is 6.07 Å². The summed E-state index contributed by atoms with van der Waals surface area (Å²) >= 11 is 3.12. The molecule has 7 heteroatoms. The number of rotatable bonds is 4. The molecule has 0 bridgehead atoms. The van der Waals surface area contributed by atoms with Crippen molar-refractivity contribution in [3.8, 4) is 0 Å². The number of Topliss-reactive ketones (excluding diaryl/α,β-unsaturated/α-hetero) is 1. The van der Waals surface area contributed by atoms with Crippen LogP contribution in [-0.2, 0) is 19.1 Å². The summed E-state index contributed by atoms with van der Waals surface area (Å²) in [7, 11) is 0. The molecule has 0 aromatic heterocycles. The minimum absolute atomic E-state index is 0.0335. The predicted octanol–water partition coefficient (Wildman–Crippen LogP) is 3.30. The van der Waals surface area contributed by atoms with Crippen molar-refractivity contribution in [3.63, 3.8) is 0 Å². The number of hydrogen-bond donors (Lipinski definition) is 1. The van der Waals surface area contributed by atoms with Crippen molar-refractivity contribution in [1.29, 1.82) is 0 Å². The van der Waals surface area contributed by atoms with Gasteiger partial charge in [0, 0.05) is 5.57 Å². The average molecular weight is 398 g/mol. The summed E-state index contributed by atoms with van der Waals surface area (Å²) in [5.74, 6) is -2.00. The second kappa shape index (κ2) is 7.17. The zero-order valence-electron chi connectivity index (χ0n) is 13.5. The lowest BCUT2D eigenvalue weighted by Gasteiger charge is -2.28. The highest BCUT2D eigenvalue weighted by molar-refractivity contribution is 9.10. The SMILES string of the molecule is CCOC(=O)C1=C(N)OC(C)=C(C(C)=O)[C@H]1c1ccc(F)c(Br)c1. The molecule has 0 saturated carbocycles. The number of ketones is 1. The third kappa shape index (κ3) is 3.36. The standard InChI is InChI=1S/C17H17BrFNO4/c1-4-23-17(22)15-14(10-5-6-12(19)11(18)7-10)13(8(2)21)9(3)24-16(15)20/h5-7,14H,4,20H2,1-3H3/t14-/m1/s1. The topological polar surface area (TPSA) is 78.6 Å². The quantitative estimate of drug-likeness (QED) is 0.788. The molecule has 0 aliphatic carbocycles. The first-order valence-electron chi connectivity index (χ1n) is 7.29. The third-order valence-electron chi connectivity index (χ3n) is 3.64. The van der Waals surface area contributed by atoms with Crippen LogP contribution in [0.25, 0.3) is 0 Å². The highest BCUT2D eigenvalue weighted by Gasteiger charge is 2.38. The number of nitrogens with two attached hydrogens (primary N) is 1. The van der Waals surface area contributed by atoms with Gasteiger partial charge in [-0.25, -0.2) is 9.18 Å². The number of allylic oxidation sites excluding steroid dienone is 2. The van der Waals surface area contributed by atoms with Crippen LogP contribution < -0.4 is 5.73 Å². The fourth-order valence-corrected chi connectivity index (χ4v) is 3.06. The van der Waals surface area contributed by atoms with Crippen molar-refractivity contribution < 1.29 is 23.5 Å². The van der Waals surface area contributed by atoms with E-state index in [1.807, 2.05) is 0 Å². The summed E-state index contributed by atoms with van der Waals surface area (Å²) in [6, 6.07) is 4.26. The predicted molar refractivity (Wildman–Crippen MR) is 89.2 cm³/mol. The lowest BCUT2D eigenvalue weighted by molar-refractivity contribution is -0.139. The summed E-state index contributed by atoms with van der Waals surface area (Å²) in [6.45, 7) is 4.78. The van der Waals surface area contributed by atoms with Gasteiger partial charge >= 0.3 is 5.97 Å². The molecule has 2 N–H and O–H groups in total. The van der Waals surface area contributed by atoms with Crippen LogP contribution in [-0.4, -0.2) is 18.4 Å². The molecule has 0 unspecified atom stereocenters. The van der Waals surface area contributed by atoms with E-state index >= 15 is 0 Å². The van der Waals surface area contributed by atoms with Gasteiger partial charge in [-0.05, 0) is 54.4 Å². The second-order valence-electron chi connectivity index (χ2n) is 5.23. The number of carbonyl (C=O) groups is 2. The van der Waals surface area contributed by atoms with Crippen molar-refractivity contribution >= 4 is 27.7 Å². The van der Waals surface area contributed by atoms with Gasteiger partial charge in [0.25, 0.3) is 0 Å². The van der Waals surface area contributed by atoms with Gasteiger partial charge in [0.05, 0.1) is 17.0 Å². The summed E-state index contributed by atoms with van der Waals surface area (Å²) in [5.41, 5.74) is 6.73. The lowest BCUT2D eigenvalue weighted by atomic mass is 9.81. The molecular formula is C17H17BrFNO4. The van der Waals surface area contributed by atoms with E-state index in [1.54, 1.807) is 13.8 Å². The van der Waals surface area contributed by atoms with Gasteiger partial charge in [0.15, 0.2) is 5.78 Å². The normalized spacial score (nSPS) is 17.6. The zero-order valence-corrected chi connectivity index (χ0v) is 15.1. The van der Waals surface area contributed by atoms with Crippen LogP contribution in [0, 0.1) is 5.82 Å².